The topological polar surface area (TPSA) is 127 Å². The second kappa shape index (κ2) is 8.42. The van der Waals surface area contributed by atoms with E-state index in [1.807, 2.05) is 6.92 Å². The third-order valence-electron chi connectivity index (χ3n) is 4.68. The standard InChI is InChI=1S/C18H24N6O4/c1-4-13-11(3)20-18(22-15(13)25)24-14(8-10(2)23-24)21-17(27)16(26)19-9-12-6-5-7-28-12/h8,12-13H,4-7,9H2,1-3H3,(H,19,26)(H,21,27). The van der Waals surface area contributed by atoms with Crippen molar-refractivity contribution in [3.63, 3.8) is 0 Å². The average Bonchev–Trinajstić information content (AvgIpc) is 3.29. The van der Waals surface area contributed by atoms with Gasteiger partial charge in [0.05, 0.1) is 17.7 Å². The highest BCUT2D eigenvalue weighted by Gasteiger charge is 2.27. The lowest BCUT2D eigenvalue weighted by Gasteiger charge is -2.17. The molecule has 3 amide bonds. The maximum absolute atomic E-state index is 12.2. The number of aryl methyl sites for hydroxylation is 1. The second-order valence-electron chi connectivity index (χ2n) is 6.85. The van der Waals surface area contributed by atoms with E-state index in [4.69, 9.17) is 4.74 Å². The van der Waals surface area contributed by atoms with Crippen molar-refractivity contribution in [2.24, 2.45) is 15.9 Å². The van der Waals surface area contributed by atoms with Gasteiger partial charge in [0.1, 0.15) is 5.82 Å². The molecule has 2 unspecified atom stereocenters. The molecule has 0 bridgehead atoms. The monoisotopic (exact) mass is 388 g/mol. The molecule has 0 saturated carbocycles. The molecule has 0 spiro atoms. The largest absolute Gasteiger partial charge is 0.376 e. The fraction of sp³-hybridized carbons (Fsp3) is 0.556. The Morgan fingerprint density at radius 2 is 2.07 bits per heavy atom. The number of nitrogens with one attached hydrogen (secondary N) is 2. The van der Waals surface area contributed by atoms with Crippen LogP contribution in [0, 0.1) is 12.8 Å². The van der Waals surface area contributed by atoms with Gasteiger partial charge in [-0.1, -0.05) is 6.92 Å². The van der Waals surface area contributed by atoms with Gasteiger partial charge < -0.3 is 15.4 Å². The normalized spacial score (nSPS) is 21.9. The van der Waals surface area contributed by atoms with Gasteiger partial charge in [0.2, 0.25) is 0 Å². The minimum Gasteiger partial charge on any atom is -0.376 e. The Kier molecular flexibility index (Phi) is 5.98. The molecule has 3 heterocycles. The number of carbonyl (C=O) groups excluding carboxylic acids is 3. The molecule has 3 rings (SSSR count). The number of ether oxygens (including phenoxy) is 1. The molecule has 1 fully saturated rings. The summed E-state index contributed by atoms with van der Waals surface area (Å²) in [6.45, 7) is 6.33. The van der Waals surface area contributed by atoms with E-state index in [1.54, 1.807) is 19.9 Å². The summed E-state index contributed by atoms with van der Waals surface area (Å²) in [5.41, 5.74) is 1.22. The van der Waals surface area contributed by atoms with Gasteiger partial charge in [0.25, 0.3) is 11.9 Å². The molecule has 150 valence electrons. The minimum atomic E-state index is -0.839. The van der Waals surface area contributed by atoms with Gasteiger partial charge in [-0.05, 0) is 33.1 Å². The number of aliphatic imine (C=N–C) groups is 2. The van der Waals surface area contributed by atoms with Crippen molar-refractivity contribution in [1.82, 2.24) is 15.1 Å². The van der Waals surface area contributed by atoms with Crippen LogP contribution >= 0.6 is 0 Å². The zero-order chi connectivity index (χ0) is 20.3. The molecule has 2 N–H and O–H groups in total. The Labute approximate surface area is 162 Å². The summed E-state index contributed by atoms with van der Waals surface area (Å²) >= 11 is 0. The first-order valence-corrected chi connectivity index (χ1v) is 9.34. The first kappa shape index (κ1) is 19.9. The number of anilines is 1. The first-order chi connectivity index (χ1) is 13.4. The molecule has 28 heavy (non-hydrogen) atoms. The molecule has 1 aromatic heterocycles. The summed E-state index contributed by atoms with van der Waals surface area (Å²) in [7, 11) is 0. The van der Waals surface area contributed by atoms with Crippen molar-refractivity contribution >= 4 is 35.2 Å². The van der Waals surface area contributed by atoms with Crippen molar-refractivity contribution in [2.75, 3.05) is 18.5 Å². The van der Waals surface area contributed by atoms with E-state index in [0.29, 0.717) is 24.4 Å². The molecule has 1 saturated heterocycles. The van der Waals surface area contributed by atoms with E-state index in [1.165, 1.54) is 4.68 Å². The number of carbonyl (C=O) groups is 3. The van der Waals surface area contributed by atoms with E-state index < -0.39 is 11.8 Å². The molecule has 10 nitrogen and oxygen atoms in total. The second-order valence-corrected chi connectivity index (χ2v) is 6.85. The summed E-state index contributed by atoms with van der Waals surface area (Å²) in [5.74, 6) is -1.97. The number of amides is 3. The summed E-state index contributed by atoms with van der Waals surface area (Å²) in [4.78, 5) is 44.9. The molecule has 0 aromatic carbocycles. The van der Waals surface area contributed by atoms with Gasteiger partial charge in [-0.3, -0.25) is 14.4 Å². The summed E-state index contributed by atoms with van der Waals surface area (Å²) < 4.78 is 6.68. The van der Waals surface area contributed by atoms with Crippen molar-refractivity contribution in [2.45, 2.75) is 46.1 Å². The lowest BCUT2D eigenvalue weighted by Crippen LogP contribution is -2.40. The van der Waals surface area contributed by atoms with Crippen LogP contribution < -0.4 is 10.6 Å². The number of rotatable bonds is 4. The van der Waals surface area contributed by atoms with Crippen molar-refractivity contribution in [3.05, 3.63) is 11.8 Å². The maximum atomic E-state index is 12.2. The van der Waals surface area contributed by atoms with E-state index >= 15 is 0 Å². The number of hydrogen-bond acceptors (Lipinski definition) is 6. The quantitative estimate of drug-likeness (QED) is 0.733. The van der Waals surface area contributed by atoms with Crippen LogP contribution in [-0.4, -0.2) is 58.4 Å². The van der Waals surface area contributed by atoms with Gasteiger partial charge >= 0.3 is 11.8 Å². The van der Waals surface area contributed by atoms with E-state index in [2.05, 4.69) is 25.7 Å². The van der Waals surface area contributed by atoms with Gasteiger partial charge in [-0.25, -0.2) is 4.99 Å². The van der Waals surface area contributed by atoms with E-state index in [9.17, 15) is 14.4 Å². The molecule has 0 radical (unpaired) electrons. The van der Waals surface area contributed by atoms with Crippen molar-refractivity contribution in [1.29, 1.82) is 0 Å². The smallest absolute Gasteiger partial charge is 0.314 e. The average molecular weight is 388 g/mol. The third-order valence-corrected chi connectivity index (χ3v) is 4.68. The summed E-state index contributed by atoms with van der Waals surface area (Å²) in [6.07, 6.45) is 2.36. The van der Waals surface area contributed by atoms with Crippen LogP contribution in [0.3, 0.4) is 0 Å². The third kappa shape index (κ3) is 4.33. The fourth-order valence-electron chi connectivity index (χ4n) is 3.19. The molecule has 10 heteroatoms. The fourth-order valence-corrected chi connectivity index (χ4v) is 3.19. The molecule has 1 aromatic rings. The minimum absolute atomic E-state index is 0.0593. The molecular weight excluding hydrogens is 364 g/mol. The predicted octanol–water partition coefficient (Wildman–Crippen LogP) is 0.657. The lowest BCUT2D eigenvalue weighted by atomic mass is 10.00. The molecular formula is C18H24N6O4. The van der Waals surface area contributed by atoms with Crippen LogP contribution in [0.1, 0.15) is 38.8 Å². The zero-order valence-electron chi connectivity index (χ0n) is 16.2. The number of aromatic nitrogens is 2. The highest BCUT2D eigenvalue weighted by Crippen LogP contribution is 2.17. The van der Waals surface area contributed by atoms with Gasteiger partial charge in [0.15, 0.2) is 0 Å². The molecule has 2 aliphatic heterocycles. The van der Waals surface area contributed by atoms with Gasteiger partial charge in [0, 0.05) is 24.9 Å². The number of nitrogens with zero attached hydrogens (tertiary/aromatic N) is 4. The van der Waals surface area contributed by atoms with Gasteiger partial charge in [-0.15, -0.1) is 0 Å². The van der Waals surface area contributed by atoms with Crippen LogP contribution in [-0.2, 0) is 19.1 Å². The molecule has 2 atom stereocenters. The summed E-state index contributed by atoms with van der Waals surface area (Å²) in [5, 5.41) is 9.30. The van der Waals surface area contributed by atoms with Gasteiger partial charge in [-0.2, -0.15) is 14.8 Å². The lowest BCUT2D eigenvalue weighted by molar-refractivity contribution is -0.136. The van der Waals surface area contributed by atoms with Crippen LogP contribution in [0.2, 0.25) is 0 Å². The Bertz CT molecular complexity index is 850. The molecule has 2 aliphatic rings. The molecule has 0 aliphatic carbocycles. The predicted molar refractivity (Wildman–Crippen MR) is 102 cm³/mol. The van der Waals surface area contributed by atoms with Crippen LogP contribution in [0.4, 0.5) is 5.82 Å². The Morgan fingerprint density at radius 3 is 2.71 bits per heavy atom. The van der Waals surface area contributed by atoms with Crippen LogP contribution in [0.5, 0.6) is 0 Å². The SMILES string of the molecule is CCC1C(=O)N=C(n2nc(C)cc2NC(=O)C(=O)NCC2CCCO2)N=C1C. The Balaban J connectivity index is 1.71. The first-order valence-electron chi connectivity index (χ1n) is 9.34. The zero-order valence-corrected chi connectivity index (χ0v) is 16.2. The number of hydrogen-bond donors (Lipinski definition) is 2. The van der Waals surface area contributed by atoms with E-state index in [0.717, 1.165) is 12.8 Å². The van der Waals surface area contributed by atoms with Crippen molar-refractivity contribution < 1.29 is 19.1 Å². The highest BCUT2D eigenvalue weighted by atomic mass is 16.5. The van der Waals surface area contributed by atoms with E-state index in [-0.39, 0.29) is 36.3 Å². The Morgan fingerprint density at radius 1 is 1.29 bits per heavy atom. The van der Waals surface area contributed by atoms with Crippen molar-refractivity contribution in [3.8, 4) is 0 Å². The highest BCUT2D eigenvalue weighted by molar-refractivity contribution is 6.39. The summed E-state index contributed by atoms with van der Waals surface area (Å²) in [6, 6.07) is 1.58. The van der Waals surface area contributed by atoms with Crippen LogP contribution in [0.25, 0.3) is 0 Å². The Hall–Kier alpha value is -2.88. The van der Waals surface area contributed by atoms with Crippen LogP contribution in [0.15, 0.2) is 16.1 Å². The maximum Gasteiger partial charge on any atom is 0.314 e.